The van der Waals surface area contributed by atoms with Gasteiger partial charge in [-0.25, -0.2) is 4.68 Å². The number of aromatic nitrogens is 5. The molecule has 4 rings (SSSR count). The van der Waals surface area contributed by atoms with Crippen LogP contribution in [0.5, 0.6) is 0 Å². The van der Waals surface area contributed by atoms with Gasteiger partial charge in [-0.05, 0) is 37.3 Å². The zero-order chi connectivity index (χ0) is 18.1. The Balaban J connectivity index is 1.48. The Bertz CT molecular complexity index is 1040. The number of hydrogen-bond acceptors (Lipinski definition) is 8. The minimum absolute atomic E-state index is 0.434. The summed E-state index contributed by atoms with van der Waals surface area (Å²) in [6.07, 6.45) is 1.59. The van der Waals surface area contributed by atoms with Crippen LogP contribution in [0.4, 0.5) is 0 Å². The number of aryl methyl sites for hydroxylation is 1. The molecule has 8 nitrogen and oxygen atoms in total. The van der Waals surface area contributed by atoms with Gasteiger partial charge >= 0.3 is 0 Å². The first-order valence-electron chi connectivity index (χ1n) is 7.58. The van der Waals surface area contributed by atoms with Crippen molar-refractivity contribution in [3.8, 4) is 22.8 Å². The van der Waals surface area contributed by atoms with Gasteiger partial charge in [0.15, 0.2) is 5.82 Å². The van der Waals surface area contributed by atoms with Crippen LogP contribution < -0.4 is 5.84 Å². The predicted octanol–water partition coefficient (Wildman–Crippen LogP) is 3.67. The van der Waals surface area contributed by atoms with Gasteiger partial charge in [0.25, 0.3) is 0 Å². The molecule has 0 aliphatic heterocycles. The molecular weight excluding hydrogens is 420 g/mol. The monoisotopic (exact) mass is 432 g/mol. The third-order valence-electron chi connectivity index (χ3n) is 3.65. The molecule has 0 fully saturated rings. The van der Waals surface area contributed by atoms with E-state index in [2.05, 4.69) is 36.3 Å². The standard InChI is InChI=1S/C16H13BrN6O2S/c1-9-12(6-7-24-9)14-20-22-16(23(14)18)26-8-13-19-21-15(25-13)10-2-4-11(17)5-3-10/h2-7H,8,18H2,1H3. The van der Waals surface area contributed by atoms with Gasteiger partial charge in [0.2, 0.25) is 16.9 Å². The fourth-order valence-corrected chi connectivity index (χ4v) is 3.28. The molecule has 0 spiro atoms. The van der Waals surface area contributed by atoms with Crippen molar-refractivity contribution in [1.82, 2.24) is 25.1 Å². The summed E-state index contributed by atoms with van der Waals surface area (Å²) in [5.41, 5.74) is 1.67. The largest absolute Gasteiger partial charge is 0.469 e. The van der Waals surface area contributed by atoms with Crippen LogP contribution in [0.15, 0.2) is 55.1 Å². The van der Waals surface area contributed by atoms with Crippen LogP contribution in [0.3, 0.4) is 0 Å². The molecule has 132 valence electrons. The molecule has 0 amide bonds. The lowest BCUT2D eigenvalue weighted by Crippen LogP contribution is -2.11. The number of hydrogen-bond donors (Lipinski definition) is 1. The maximum atomic E-state index is 6.10. The Morgan fingerprint density at radius 1 is 1.12 bits per heavy atom. The van der Waals surface area contributed by atoms with Crippen molar-refractivity contribution >= 4 is 27.7 Å². The van der Waals surface area contributed by atoms with Crippen LogP contribution in [0.25, 0.3) is 22.8 Å². The highest BCUT2D eigenvalue weighted by Gasteiger charge is 2.17. The molecule has 4 aromatic rings. The number of thioether (sulfide) groups is 1. The second kappa shape index (κ2) is 6.96. The van der Waals surface area contributed by atoms with Crippen LogP contribution in [0.2, 0.25) is 0 Å². The highest BCUT2D eigenvalue weighted by atomic mass is 79.9. The fraction of sp³-hybridized carbons (Fsp3) is 0.125. The fourth-order valence-electron chi connectivity index (χ4n) is 2.32. The molecule has 0 saturated heterocycles. The van der Waals surface area contributed by atoms with Crippen molar-refractivity contribution in [2.45, 2.75) is 17.8 Å². The van der Waals surface area contributed by atoms with Crippen molar-refractivity contribution in [2.75, 3.05) is 5.84 Å². The highest BCUT2D eigenvalue weighted by Crippen LogP contribution is 2.27. The summed E-state index contributed by atoms with van der Waals surface area (Å²) in [5, 5.41) is 16.9. The van der Waals surface area contributed by atoms with Crippen LogP contribution >= 0.6 is 27.7 Å². The molecule has 0 radical (unpaired) electrons. The molecule has 0 unspecified atom stereocenters. The third kappa shape index (κ3) is 3.25. The van der Waals surface area contributed by atoms with Gasteiger partial charge in [-0.2, -0.15) is 0 Å². The van der Waals surface area contributed by atoms with E-state index < -0.39 is 0 Å². The zero-order valence-corrected chi connectivity index (χ0v) is 16.0. The lowest BCUT2D eigenvalue weighted by atomic mass is 10.2. The molecule has 2 N–H and O–H groups in total. The number of nitrogens with two attached hydrogens (primary N) is 1. The van der Waals surface area contributed by atoms with E-state index in [9.17, 15) is 0 Å². The van der Waals surface area contributed by atoms with Crippen molar-refractivity contribution in [3.05, 3.63) is 52.7 Å². The Labute approximate surface area is 160 Å². The molecule has 0 aliphatic rings. The first-order valence-corrected chi connectivity index (χ1v) is 9.36. The van der Waals surface area contributed by atoms with Crippen LogP contribution in [0.1, 0.15) is 11.7 Å². The van der Waals surface area contributed by atoms with E-state index in [0.29, 0.717) is 28.5 Å². The van der Waals surface area contributed by atoms with Crippen molar-refractivity contribution in [1.29, 1.82) is 0 Å². The molecule has 0 bridgehead atoms. The van der Waals surface area contributed by atoms with Crippen LogP contribution in [-0.4, -0.2) is 25.1 Å². The van der Waals surface area contributed by atoms with Gasteiger partial charge in [-0.3, -0.25) is 0 Å². The Morgan fingerprint density at radius 3 is 2.65 bits per heavy atom. The summed E-state index contributed by atoms with van der Waals surface area (Å²) in [6.45, 7) is 1.85. The summed E-state index contributed by atoms with van der Waals surface area (Å²) in [4.78, 5) is 0. The number of benzene rings is 1. The van der Waals surface area contributed by atoms with E-state index in [-0.39, 0.29) is 0 Å². The molecule has 3 heterocycles. The van der Waals surface area contributed by atoms with E-state index in [4.69, 9.17) is 14.7 Å². The van der Waals surface area contributed by atoms with Gasteiger partial charge in [-0.15, -0.1) is 20.4 Å². The maximum absolute atomic E-state index is 6.10. The summed E-state index contributed by atoms with van der Waals surface area (Å²) >= 11 is 4.76. The van der Waals surface area contributed by atoms with Gasteiger partial charge in [0.1, 0.15) is 5.76 Å². The first kappa shape index (κ1) is 16.9. The molecule has 0 aliphatic carbocycles. The van der Waals surface area contributed by atoms with Crippen molar-refractivity contribution < 1.29 is 8.83 Å². The number of halogens is 1. The van der Waals surface area contributed by atoms with E-state index >= 15 is 0 Å². The Kier molecular flexibility index (Phi) is 4.51. The molecule has 10 heteroatoms. The molecule has 0 atom stereocenters. The number of rotatable bonds is 5. The first-order chi connectivity index (χ1) is 12.6. The minimum Gasteiger partial charge on any atom is -0.469 e. The minimum atomic E-state index is 0.434. The van der Waals surface area contributed by atoms with Gasteiger partial charge in [0.05, 0.1) is 17.6 Å². The summed E-state index contributed by atoms with van der Waals surface area (Å²) in [6, 6.07) is 9.46. The number of nitrogen functional groups attached to an aromatic ring is 1. The van der Waals surface area contributed by atoms with Crippen molar-refractivity contribution in [3.63, 3.8) is 0 Å². The average molecular weight is 433 g/mol. The highest BCUT2D eigenvalue weighted by molar-refractivity contribution is 9.10. The second-order valence-electron chi connectivity index (χ2n) is 5.36. The summed E-state index contributed by atoms with van der Waals surface area (Å²) in [7, 11) is 0. The molecular formula is C16H13BrN6O2S. The van der Waals surface area contributed by atoms with E-state index in [1.807, 2.05) is 31.2 Å². The van der Waals surface area contributed by atoms with E-state index in [0.717, 1.165) is 21.4 Å². The second-order valence-corrected chi connectivity index (χ2v) is 7.22. The number of nitrogens with zero attached hydrogens (tertiary/aromatic N) is 5. The quantitative estimate of drug-likeness (QED) is 0.375. The van der Waals surface area contributed by atoms with E-state index in [1.54, 1.807) is 12.3 Å². The Hall–Kier alpha value is -2.59. The lowest BCUT2D eigenvalue weighted by molar-refractivity contribution is 0.528. The summed E-state index contributed by atoms with van der Waals surface area (Å²) in [5.74, 6) is 8.76. The zero-order valence-electron chi connectivity index (χ0n) is 13.6. The summed E-state index contributed by atoms with van der Waals surface area (Å²) < 4.78 is 13.4. The number of furan rings is 1. The predicted molar refractivity (Wildman–Crippen MR) is 99.6 cm³/mol. The molecule has 3 aromatic heterocycles. The maximum Gasteiger partial charge on any atom is 0.247 e. The molecule has 1 aromatic carbocycles. The van der Waals surface area contributed by atoms with Crippen LogP contribution in [0, 0.1) is 6.92 Å². The van der Waals surface area contributed by atoms with Gasteiger partial charge in [0, 0.05) is 10.0 Å². The third-order valence-corrected chi connectivity index (χ3v) is 5.10. The molecule has 26 heavy (non-hydrogen) atoms. The Morgan fingerprint density at radius 2 is 1.92 bits per heavy atom. The topological polar surface area (TPSA) is 109 Å². The van der Waals surface area contributed by atoms with Gasteiger partial charge in [-0.1, -0.05) is 27.7 Å². The smallest absolute Gasteiger partial charge is 0.247 e. The normalized spacial score (nSPS) is 11.2. The SMILES string of the molecule is Cc1occc1-c1nnc(SCc2nnc(-c3ccc(Br)cc3)o2)n1N. The molecule has 0 saturated carbocycles. The lowest BCUT2D eigenvalue weighted by Gasteiger charge is -2.01. The average Bonchev–Trinajstić information content (AvgIpc) is 3.35. The van der Waals surface area contributed by atoms with Crippen molar-refractivity contribution in [2.24, 2.45) is 0 Å². The van der Waals surface area contributed by atoms with Gasteiger partial charge < -0.3 is 14.7 Å². The van der Waals surface area contributed by atoms with Crippen LogP contribution in [-0.2, 0) is 5.75 Å². The van der Waals surface area contributed by atoms with E-state index in [1.165, 1.54) is 16.4 Å².